The lowest BCUT2D eigenvalue weighted by molar-refractivity contribution is -0.126. The van der Waals surface area contributed by atoms with E-state index < -0.39 is 5.82 Å². The number of aromatic amines is 1. The number of halogens is 2. The van der Waals surface area contributed by atoms with Gasteiger partial charge >= 0.3 is 0 Å². The number of hydrogen-bond donors (Lipinski definition) is 2. The van der Waals surface area contributed by atoms with Crippen molar-refractivity contribution in [1.82, 2.24) is 35.0 Å². The molecule has 5 heterocycles. The van der Waals surface area contributed by atoms with E-state index in [2.05, 4.69) is 41.9 Å². The summed E-state index contributed by atoms with van der Waals surface area (Å²) in [6.07, 6.45) is 8.13. The third-order valence-electron chi connectivity index (χ3n) is 8.67. The zero-order valence-electron chi connectivity index (χ0n) is 24.8. The summed E-state index contributed by atoms with van der Waals surface area (Å²) in [5.74, 6) is 1.01. The van der Waals surface area contributed by atoms with Gasteiger partial charge in [-0.1, -0.05) is 24.2 Å². The van der Waals surface area contributed by atoms with Crippen LogP contribution >= 0.6 is 11.6 Å². The van der Waals surface area contributed by atoms with Crippen LogP contribution in [0.25, 0.3) is 32.9 Å². The number of fused-ring (bicyclic) bond motifs is 2. The van der Waals surface area contributed by atoms with E-state index in [1.165, 1.54) is 6.08 Å². The lowest BCUT2D eigenvalue weighted by Crippen LogP contribution is -2.48. The van der Waals surface area contributed by atoms with Gasteiger partial charge in [0.2, 0.25) is 17.8 Å². The molecule has 0 radical (unpaired) electrons. The number of carbonyl (C=O) groups is 1. The molecule has 3 aromatic heterocycles. The summed E-state index contributed by atoms with van der Waals surface area (Å²) in [6.45, 7) is 9.11. The molecule has 13 heteroatoms. The molecule has 0 bridgehead atoms. The predicted molar refractivity (Wildman–Crippen MR) is 174 cm³/mol. The minimum atomic E-state index is -0.516. The van der Waals surface area contributed by atoms with Crippen LogP contribution in [-0.4, -0.2) is 86.3 Å². The van der Waals surface area contributed by atoms with Crippen molar-refractivity contribution in [3.8, 4) is 11.1 Å². The minimum Gasteiger partial charge on any atom is -0.352 e. The fraction of sp³-hybridized carbons (Fsp3) is 0.312. The quantitative estimate of drug-likeness (QED) is 0.252. The van der Waals surface area contributed by atoms with Crippen molar-refractivity contribution in [3.63, 3.8) is 0 Å². The van der Waals surface area contributed by atoms with Gasteiger partial charge in [-0.15, -0.1) is 0 Å². The number of benzene rings is 2. The molecule has 0 aliphatic carbocycles. The van der Waals surface area contributed by atoms with Crippen LogP contribution in [0.1, 0.15) is 18.4 Å². The van der Waals surface area contributed by atoms with Gasteiger partial charge in [0.25, 0.3) is 0 Å². The Bertz CT molecular complexity index is 1900. The molecule has 2 saturated heterocycles. The molecule has 45 heavy (non-hydrogen) atoms. The van der Waals surface area contributed by atoms with E-state index in [9.17, 15) is 4.79 Å². The summed E-state index contributed by atoms with van der Waals surface area (Å²) in [5, 5.41) is 12.2. The van der Waals surface area contributed by atoms with E-state index in [1.807, 2.05) is 19.1 Å². The van der Waals surface area contributed by atoms with E-state index in [4.69, 9.17) is 21.6 Å². The molecule has 2 N–H and O–H groups in total. The Morgan fingerprint density at radius 3 is 2.53 bits per heavy atom. The molecule has 2 fully saturated rings. The highest BCUT2D eigenvalue weighted by molar-refractivity contribution is 6.35. The number of rotatable bonds is 6. The van der Waals surface area contributed by atoms with E-state index in [0.29, 0.717) is 54.8 Å². The first-order valence-corrected chi connectivity index (χ1v) is 15.4. The number of hydrogen-bond acceptors (Lipinski definition) is 9. The summed E-state index contributed by atoms with van der Waals surface area (Å²) >= 11 is 6.90. The smallest absolute Gasteiger partial charge is 0.246 e. The lowest BCUT2D eigenvalue weighted by atomic mass is 9.95. The number of carbonyl (C=O) groups excluding carboxylic acids is 1. The van der Waals surface area contributed by atoms with Crippen molar-refractivity contribution in [2.24, 2.45) is 0 Å². The fourth-order valence-electron chi connectivity index (χ4n) is 6.30. The number of H-pyrrole nitrogens is 1. The van der Waals surface area contributed by atoms with Crippen molar-refractivity contribution in [3.05, 3.63) is 71.9 Å². The first-order chi connectivity index (χ1) is 21.9. The van der Waals surface area contributed by atoms with E-state index >= 15 is 4.39 Å². The van der Waals surface area contributed by atoms with Crippen LogP contribution in [-0.2, 0) is 4.79 Å². The maximum Gasteiger partial charge on any atom is 0.246 e. The molecule has 0 unspecified atom stereocenters. The van der Waals surface area contributed by atoms with Gasteiger partial charge in [-0.25, -0.2) is 19.3 Å². The molecule has 0 atom stereocenters. The minimum absolute atomic E-state index is 0.0778. The SMILES string of the molecule is C=CC(=O)N1CCN(c2nc(NC3CCN(c4ncccn4)CC3)nc3c(F)c(-c4c(C)ccc5[nH]ncc45)c(Cl)cc23)CC1. The summed E-state index contributed by atoms with van der Waals surface area (Å²) in [7, 11) is 0. The summed E-state index contributed by atoms with van der Waals surface area (Å²) in [4.78, 5) is 36.7. The molecule has 2 aliphatic rings. The first-order valence-electron chi connectivity index (χ1n) is 15.0. The Balaban J connectivity index is 1.28. The van der Waals surface area contributed by atoms with Crippen LogP contribution in [0, 0.1) is 12.7 Å². The van der Waals surface area contributed by atoms with Crippen molar-refractivity contribution >= 4 is 57.0 Å². The number of piperazine rings is 1. The molecular formula is C32H32ClFN10O. The maximum atomic E-state index is 16.9. The molecule has 11 nitrogen and oxygen atoms in total. The molecule has 0 spiro atoms. The fourth-order valence-corrected chi connectivity index (χ4v) is 6.59. The van der Waals surface area contributed by atoms with Crippen LogP contribution in [0.15, 0.2) is 55.5 Å². The highest BCUT2D eigenvalue weighted by atomic mass is 35.5. The Morgan fingerprint density at radius 2 is 1.80 bits per heavy atom. The summed E-state index contributed by atoms with van der Waals surface area (Å²) in [6, 6.07) is 7.48. The molecule has 1 amide bonds. The molecule has 5 aromatic rings. The summed E-state index contributed by atoms with van der Waals surface area (Å²) < 4.78 is 16.9. The average molecular weight is 627 g/mol. The highest BCUT2D eigenvalue weighted by Crippen LogP contribution is 2.42. The maximum absolute atomic E-state index is 16.9. The molecule has 7 rings (SSSR count). The second-order valence-corrected chi connectivity index (χ2v) is 11.8. The van der Waals surface area contributed by atoms with Crippen LogP contribution in [0.4, 0.5) is 22.1 Å². The Hall–Kier alpha value is -4.84. The number of aromatic nitrogens is 6. The third kappa shape index (κ3) is 5.39. The lowest BCUT2D eigenvalue weighted by Gasteiger charge is -2.36. The average Bonchev–Trinajstić information content (AvgIpc) is 3.55. The molecule has 230 valence electrons. The highest BCUT2D eigenvalue weighted by Gasteiger charge is 2.28. The van der Waals surface area contributed by atoms with Gasteiger partial charge < -0.3 is 20.0 Å². The number of aryl methyl sites for hydroxylation is 1. The van der Waals surface area contributed by atoms with Crippen LogP contribution in [0.2, 0.25) is 5.02 Å². The van der Waals surface area contributed by atoms with Gasteiger partial charge in [0.15, 0.2) is 5.82 Å². The third-order valence-corrected chi connectivity index (χ3v) is 8.97. The van der Waals surface area contributed by atoms with E-state index in [0.717, 1.165) is 42.4 Å². The van der Waals surface area contributed by atoms with Crippen LogP contribution in [0.3, 0.4) is 0 Å². The molecule has 0 saturated carbocycles. The van der Waals surface area contributed by atoms with Gasteiger partial charge in [-0.05, 0) is 49.6 Å². The Labute approximate surface area is 264 Å². The van der Waals surface area contributed by atoms with Crippen LogP contribution < -0.4 is 15.1 Å². The number of nitrogens with one attached hydrogen (secondary N) is 2. The first kappa shape index (κ1) is 28.9. The molecule has 2 aliphatic heterocycles. The van der Waals surface area contributed by atoms with Gasteiger partial charge in [0.05, 0.1) is 16.7 Å². The van der Waals surface area contributed by atoms with E-state index in [-0.39, 0.29) is 28.1 Å². The largest absolute Gasteiger partial charge is 0.352 e. The van der Waals surface area contributed by atoms with Crippen molar-refractivity contribution in [1.29, 1.82) is 0 Å². The van der Waals surface area contributed by atoms with Gasteiger partial charge in [0.1, 0.15) is 11.3 Å². The number of amides is 1. The number of nitrogens with zero attached hydrogens (tertiary/aromatic N) is 8. The van der Waals surface area contributed by atoms with Gasteiger partial charge in [0, 0.05) is 79.6 Å². The normalized spacial score (nSPS) is 16.0. The predicted octanol–water partition coefficient (Wildman–Crippen LogP) is 4.98. The zero-order chi connectivity index (χ0) is 31.1. The standard InChI is InChI=1S/C32H32ClFN10O/c1-3-25(45)42-13-15-43(16-14-42)30-21-17-23(33)27(26-19(2)5-6-24-22(26)18-37-41-24)28(34)29(21)39-31(40-30)38-20-7-11-44(12-8-20)32-35-9-4-10-36-32/h3-6,9-10,17-18,20H,1,7-8,11-16H2,2H3,(H,37,41)(H,38,39,40). The van der Waals surface area contributed by atoms with Crippen molar-refractivity contribution < 1.29 is 9.18 Å². The zero-order valence-corrected chi connectivity index (χ0v) is 25.6. The van der Waals surface area contributed by atoms with Crippen molar-refractivity contribution in [2.45, 2.75) is 25.8 Å². The second-order valence-electron chi connectivity index (χ2n) is 11.4. The summed E-state index contributed by atoms with van der Waals surface area (Å²) in [5.41, 5.74) is 2.79. The molecular weight excluding hydrogens is 595 g/mol. The Kier molecular flexibility index (Phi) is 7.66. The topological polar surface area (TPSA) is 119 Å². The monoisotopic (exact) mass is 626 g/mol. The van der Waals surface area contributed by atoms with Gasteiger partial charge in [-0.3, -0.25) is 9.89 Å². The number of piperidine rings is 1. The van der Waals surface area contributed by atoms with Gasteiger partial charge in [-0.2, -0.15) is 10.1 Å². The Morgan fingerprint density at radius 1 is 1.04 bits per heavy atom. The van der Waals surface area contributed by atoms with Crippen molar-refractivity contribution in [2.75, 3.05) is 54.4 Å². The molecule has 2 aromatic carbocycles. The van der Waals surface area contributed by atoms with Crippen LogP contribution in [0.5, 0.6) is 0 Å². The van der Waals surface area contributed by atoms with E-state index in [1.54, 1.807) is 35.6 Å². The second kappa shape index (κ2) is 11.9. The number of anilines is 3.